The number of nitriles is 1. The van der Waals surface area contributed by atoms with E-state index in [1.54, 1.807) is 0 Å². The van der Waals surface area contributed by atoms with Crippen molar-refractivity contribution in [1.29, 1.82) is 5.26 Å². The van der Waals surface area contributed by atoms with Gasteiger partial charge in [-0.25, -0.2) is 0 Å². The Morgan fingerprint density at radius 1 is 1.44 bits per heavy atom. The van der Waals surface area contributed by atoms with Crippen LogP contribution in [0, 0.1) is 11.5 Å². The van der Waals surface area contributed by atoms with Crippen molar-refractivity contribution in [1.82, 2.24) is 16.0 Å². The molecule has 0 amide bonds. The van der Waals surface area contributed by atoms with Crippen molar-refractivity contribution in [2.45, 2.75) is 0 Å². The van der Waals surface area contributed by atoms with Gasteiger partial charge >= 0.3 is 0 Å². The third-order valence-corrected chi connectivity index (χ3v) is 1.80. The lowest BCUT2D eigenvalue weighted by Crippen LogP contribution is -2.36. The first-order chi connectivity index (χ1) is 7.85. The van der Waals surface area contributed by atoms with Crippen LogP contribution in [0.5, 0.6) is 0 Å². The van der Waals surface area contributed by atoms with Crippen molar-refractivity contribution in [3.63, 3.8) is 0 Å². The molecule has 0 radical (unpaired) electrons. The molecule has 0 fully saturated rings. The second kappa shape index (κ2) is 12.1. The van der Waals surface area contributed by atoms with Crippen molar-refractivity contribution in [2.24, 2.45) is 4.99 Å². The van der Waals surface area contributed by atoms with Crippen LogP contribution in [0.2, 0.25) is 0 Å². The maximum Gasteiger partial charge on any atom is 0.204 e. The molecule has 0 bridgehead atoms. The zero-order valence-corrected chi connectivity index (χ0v) is 10.4. The van der Waals surface area contributed by atoms with Crippen LogP contribution >= 0.6 is 12.6 Å². The molecule has 7 heteroatoms. The monoisotopic (exact) mass is 245 g/mol. The molecule has 92 valence electrons. The number of guanidine groups is 1. The van der Waals surface area contributed by atoms with Gasteiger partial charge in [0.05, 0.1) is 19.8 Å². The molecule has 0 spiro atoms. The fraction of sp³-hybridized carbons (Fsp3) is 0.778. The first-order valence-corrected chi connectivity index (χ1v) is 5.75. The van der Waals surface area contributed by atoms with Crippen LogP contribution in [0.3, 0.4) is 0 Å². The minimum Gasteiger partial charge on any atom is -0.378 e. The molecule has 0 heterocycles. The van der Waals surface area contributed by atoms with E-state index in [-0.39, 0.29) is 0 Å². The van der Waals surface area contributed by atoms with Crippen LogP contribution < -0.4 is 16.0 Å². The van der Waals surface area contributed by atoms with E-state index in [1.807, 2.05) is 13.2 Å². The van der Waals surface area contributed by atoms with Crippen LogP contribution in [0.4, 0.5) is 0 Å². The first-order valence-electron chi connectivity index (χ1n) is 5.11. The van der Waals surface area contributed by atoms with Crippen molar-refractivity contribution >= 4 is 18.6 Å². The standard InChI is InChI=1S/C9H19N5OS/c1-11-2-5-15-6-3-12-9(14-8-10)13-4-7-16/h11,16H,2-7H2,1H3,(H2,12,13,14). The quantitative estimate of drug-likeness (QED) is 0.112. The Morgan fingerprint density at radius 3 is 2.88 bits per heavy atom. The molecule has 0 atom stereocenters. The largest absolute Gasteiger partial charge is 0.378 e. The number of rotatable bonds is 8. The fourth-order valence-corrected chi connectivity index (χ4v) is 0.977. The normalized spacial score (nSPS) is 10.9. The van der Waals surface area contributed by atoms with E-state index in [2.05, 4.69) is 33.6 Å². The first kappa shape index (κ1) is 15.0. The number of thiol groups is 1. The number of hydrogen-bond acceptors (Lipinski definition) is 5. The second-order valence-electron chi connectivity index (χ2n) is 2.83. The fourth-order valence-electron chi connectivity index (χ4n) is 0.865. The second-order valence-corrected chi connectivity index (χ2v) is 3.28. The van der Waals surface area contributed by atoms with E-state index in [1.165, 1.54) is 0 Å². The summed E-state index contributed by atoms with van der Waals surface area (Å²) in [5.41, 5.74) is 0. The summed E-state index contributed by atoms with van der Waals surface area (Å²) in [6.45, 7) is 3.22. The maximum absolute atomic E-state index is 8.47. The van der Waals surface area contributed by atoms with Gasteiger partial charge in [0.15, 0.2) is 6.19 Å². The van der Waals surface area contributed by atoms with E-state index < -0.39 is 0 Å². The summed E-state index contributed by atoms with van der Waals surface area (Å²) in [4.78, 5) is 4.14. The minimum atomic E-state index is 0.466. The van der Waals surface area contributed by atoms with Gasteiger partial charge in [-0.1, -0.05) is 0 Å². The summed E-state index contributed by atoms with van der Waals surface area (Å²) in [5, 5.41) is 16.9. The average Bonchev–Trinajstić information content (AvgIpc) is 2.30. The highest BCUT2D eigenvalue weighted by atomic mass is 32.1. The smallest absolute Gasteiger partial charge is 0.204 e. The predicted molar refractivity (Wildman–Crippen MR) is 67.7 cm³/mol. The SMILES string of the molecule is CNCCOCCN=C(NC#N)NCCS. The molecule has 0 aliphatic rings. The number of ether oxygens (including phenoxy) is 1. The van der Waals surface area contributed by atoms with Crippen molar-refractivity contribution in [2.75, 3.05) is 45.6 Å². The van der Waals surface area contributed by atoms with Gasteiger partial charge in [0.25, 0.3) is 0 Å². The lowest BCUT2D eigenvalue weighted by molar-refractivity contribution is 0.145. The summed E-state index contributed by atoms with van der Waals surface area (Å²) < 4.78 is 5.28. The molecule has 0 unspecified atom stereocenters. The van der Waals surface area contributed by atoms with Crippen molar-refractivity contribution in [3.8, 4) is 6.19 Å². The Labute approximate surface area is 102 Å². The van der Waals surface area contributed by atoms with E-state index >= 15 is 0 Å². The number of nitrogens with zero attached hydrogens (tertiary/aromatic N) is 2. The zero-order valence-electron chi connectivity index (χ0n) is 9.49. The van der Waals surface area contributed by atoms with Crippen LogP contribution in [0.25, 0.3) is 0 Å². The van der Waals surface area contributed by atoms with Gasteiger partial charge in [-0.2, -0.15) is 17.9 Å². The van der Waals surface area contributed by atoms with Crippen LogP contribution in [0.15, 0.2) is 4.99 Å². The van der Waals surface area contributed by atoms with Gasteiger partial charge in [0.1, 0.15) is 0 Å². The van der Waals surface area contributed by atoms with E-state index in [9.17, 15) is 0 Å². The van der Waals surface area contributed by atoms with Crippen molar-refractivity contribution in [3.05, 3.63) is 0 Å². The van der Waals surface area contributed by atoms with Crippen LogP contribution in [-0.4, -0.2) is 51.6 Å². The van der Waals surface area contributed by atoms with E-state index in [4.69, 9.17) is 10.00 Å². The molecule has 6 nitrogen and oxygen atoms in total. The van der Waals surface area contributed by atoms with Gasteiger partial charge in [0.2, 0.25) is 5.96 Å². The minimum absolute atomic E-state index is 0.466. The summed E-state index contributed by atoms with van der Waals surface area (Å²) >= 11 is 4.05. The average molecular weight is 245 g/mol. The summed E-state index contributed by atoms with van der Waals surface area (Å²) in [7, 11) is 1.87. The third kappa shape index (κ3) is 9.58. The molecule has 0 rings (SSSR count). The highest BCUT2D eigenvalue weighted by Crippen LogP contribution is 1.78. The molecule has 0 saturated carbocycles. The van der Waals surface area contributed by atoms with Gasteiger partial charge < -0.3 is 15.4 Å². The van der Waals surface area contributed by atoms with Gasteiger partial charge in [-0.3, -0.25) is 10.3 Å². The lowest BCUT2D eigenvalue weighted by atomic mass is 10.6. The molecule has 0 aliphatic carbocycles. The topological polar surface area (TPSA) is 81.5 Å². The van der Waals surface area contributed by atoms with Crippen LogP contribution in [0.1, 0.15) is 0 Å². The Kier molecular flexibility index (Phi) is 11.4. The molecule has 0 aromatic carbocycles. The maximum atomic E-state index is 8.47. The lowest BCUT2D eigenvalue weighted by Gasteiger charge is -2.06. The van der Waals surface area contributed by atoms with Gasteiger partial charge in [0, 0.05) is 18.8 Å². The van der Waals surface area contributed by atoms with Crippen molar-refractivity contribution < 1.29 is 4.74 Å². The zero-order chi connectivity index (χ0) is 12.1. The Bertz CT molecular complexity index is 228. The molecule has 0 aromatic rings. The summed E-state index contributed by atoms with van der Waals surface area (Å²) in [5.74, 6) is 1.15. The molecule has 3 N–H and O–H groups in total. The van der Waals surface area contributed by atoms with E-state index in [0.29, 0.717) is 38.0 Å². The number of hydrogen-bond donors (Lipinski definition) is 4. The number of likely N-dealkylation sites (N-methyl/N-ethyl adjacent to an activating group) is 1. The van der Waals surface area contributed by atoms with E-state index in [0.717, 1.165) is 6.54 Å². The molecule has 0 aromatic heterocycles. The Morgan fingerprint density at radius 2 is 2.25 bits per heavy atom. The highest BCUT2D eigenvalue weighted by Gasteiger charge is 1.94. The number of nitrogens with one attached hydrogen (secondary N) is 3. The van der Waals surface area contributed by atoms with Gasteiger partial charge in [-0.05, 0) is 7.05 Å². The van der Waals surface area contributed by atoms with Crippen LogP contribution in [-0.2, 0) is 4.74 Å². The molecule has 16 heavy (non-hydrogen) atoms. The summed E-state index contributed by atoms with van der Waals surface area (Å²) in [6.07, 6.45) is 1.82. The predicted octanol–water partition coefficient (Wildman–Crippen LogP) is -0.832. The number of aliphatic imine (C=N–C) groups is 1. The molecule has 0 aliphatic heterocycles. The Balaban J connectivity index is 3.64. The third-order valence-electron chi connectivity index (χ3n) is 1.58. The molecule has 0 saturated heterocycles. The summed E-state index contributed by atoms with van der Waals surface area (Å²) in [6, 6.07) is 0. The molecular formula is C9H19N5OS. The van der Waals surface area contributed by atoms with Gasteiger partial charge in [-0.15, -0.1) is 0 Å². The Hall–Kier alpha value is -0.970. The molecular weight excluding hydrogens is 226 g/mol. The highest BCUT2D eigenvalue weighted by molar-refractivity contribution is 7.80.